The van der Waals surface area contributed by atoms with Crippen LogP contribution in [0.15, 0.2) is 24.3 Å². The average Bonchev–Trinajstić information content (AvgIpc) is 2.88. The van der Waals surface area contributed by atoms with Gasteiger partial charge in [0.15, 0.2) is 0 Å². The van der Waals surface area contributed by atoms with Gasteiger partial charge in [-0.2, -0.15) is 0 Å². The van der Waals surface area contributed by atoms with Crippen LogP contribution in [0.25, 0.3) is 0 Å². The first-order chi connectivity index (χ1) is 9.30. The number of hydrogen-bond donors (Lipinski definition) is 1. The Morgan fingerprint density at radius 3 is 2.63 bits per heavy atom. The number of ether oxygens (including phenoxy) is 2. The van der Waals surface area contributed by atoms with E-state index < -0.39 is 0 Å². The number of rotatable bonds is 3. The van der Waals surface area contributed by atoms with Gasteiger partial charge in [-0.05, 0) is 30.5 Å². The molecule has 0 aromatic heterocycles. The Morgan fingerprint density at radius 1 is 1.21 bits per heavy atom. The number of hydrogen-bond acceptors (Lipinski definition) is 3. The van der Waals surface area contributed by atoms with E-state index in [-0.39, 0.29) is 18.3 Å². The summed E-state index contributed by atoms with van der Waals surface area (Å²) < 4.78 is 12.1. The Morgan fingerprint density at radius 2 is 1.95 bits per heavy atom. The highest BCUT2D eigenvalue weighted by atomic mass is 16.5. The Balaban J connectivity index is 1.62. The first-order valence-electron chi connectivity index (χ1n) is 7.30. The normalized spacial score (nSPS) is 25.6. The molecule has 1 aliphatic heterocycles. The van der Waals surface area contributed by atoms with E-state index in [2.05, 4.69) is 0 Å². The van der Waals surface area contributed by atoms with Crippen LogP contribution in [0.2, 0.25) is 0 Å². The van der Waals surface area contributed by atoms with Gasteiger partial charge in [0.2, 0.25) is 0 Å². The molecule has 1 N–H and O–H groups in total. The molecule has 2 aliphatic rings. The van der Waals surface area contributed by atoms with Gasteiger partial charge in [-0.1, -0.05) is 25.0 Å². The highest BCUT2D eigenvalue weighted by molar-refractivity contribution is 5.27. The molecule has 0 radical (unpaired) electrons. The van der Waals surface area contributed by atoms with Gasteiger partial charge < -0.3 is 14.6 Å². The predicted octanol–water partition coefficient (Wildman–Crippen LogP) is 3.05. The summed E-state index contributed by atoms with van der Waals surface area (Å²) in [5.74, 6) is 0.900. The Bertz CT molecular complexity index is 407. The first kappa shape index (κ1) is 12.9. The molecule has 2 fully saturated rings. The summed E-state index contributed by atoms with van der Waals surface area (Å²) >= 11 is 0. The predicted molar refractivity (Wildman–Crippen MR) is 73.2 cm³/mol. The number of benzene rings is 1. The van der Waals surface area contributed by atoms with E-state index in [4.69, 9.17) is 14.6 Å². The number of aliphatic hydroxyl groups excluding tert-OH is 1. The van der Waals surface area contributed by atoms with Gasteiger partial charge in [-0.15, -0.1) is 0 Å². The average molecular weight is 262 g/mol. The zero-order chi connectivity index (χ0) is 13.1. The maximum absolute atomic E-state index is 9.03. The third-order valence-electron chi connectivity index (χ3n) is 4.37. The highest BCUT2D eigenvalue weighted by Gasteiger charge is 2.40. The molecular weight excluding hydrogens is 240 g/mol. The minimum atomic E-state index is 0.0840. The van der Waals surface area contributed by atoms with E-state index in [1.807, 2.05) is 24.3 Å². The van der Waals surface area contributed by atoms with Crippen LogP contribution in [-0.2, 0) is 11.3 Å². The molecule has 1 unspecified atom stereocenters. The molecule has 0 amide bonds. The summed E-state index contributed by atoms with van der Waals surface area (Å²) in [6, 6.07) is 7.73. The fraction of sp³-hybridized carbons (Fsp3) is 0.625. The van der Waals surface area contributed by atoms with E-state index >= 15 is 0 Å². The maximum atomic E-state index is 9.03. The van der Waals surface area contributed by atoms with Crippen molar-refractivity contribution >= 4 is 0 Å². The summed E-state index contributed by atoms with van der Waals surface area (Å²) in [6.07, 6.45) is 7.23. The monoisotopic (exact) mass is 262 g/mol. The molecule has 1 aromatic carbocycles. The summed E-state index contributed by atoms with van der Waals surface area (Å²) in [5, 5.41) is 9.03. The van der Waals surface area contributed by atoms with Crippen molar-refractivity contribution in [1.82, 2.24) is 0 Å². The molecule has 3 heteroatoms. The molecule has 3 nitrogen and oxygen atoms in total. The lowest BCUT2D eigenvalue weighted by Gasteiger charge is -2.38. The summed E-state index contributed by atoms with van der Waals surface area (Å²) in [4.78, 5) is 0. The molecule has 0 bridgehead atoms. The van der Waals surface area contributed by atoms with Gasteiger partial charge >= 0.3 is 0 Å². The van der Waals surface area contributed by atoms with Crippen molar-refractivity contribution in [1.29, 1.82) is 0 Å². The van der Waals surface area contributed by atoms with Gasteiger partial charge in [0, 0.05) is 12.8 Å². The minimum absolute atomic E-state index is 0.0840. The lowest BCUT2D eigenvalue weighted by molar-refractivity contribution is -0.108. The SMILES string of the molecule is OCc1ccc(OC2CCOC3(CCCC3)C2)cc1. The van der Waals surface area contributed by atoms with Gasteiger partial charge in [0.1, 0.15) is 11.9 Å². The fourth-order valence-corrected chi connectivity index (χ4v) is 3.32. The van der Waals surface area contributed by atoms with Crippen molar-refractivity contribution in [2.24, 2.45) is 0 Å². The van der Waals surface area contributed by atoms with Crippen molar-refractivity contribution in [3.05, 3.63) is 29.8 Å². The summed E-state index contributed by atoms with van der Waals surface area (Å²) in [6.45, 7) is 0.903. The first-order valence-corrected chi connectivity index (χ1v) is 7.30. The van der Waals surface area contributed by atoms with Crippen molar-refractivity contribution in [2.45, 2.75) is 56.8 Å². The van der Waals surface area contributed by atoms with Crippen molar-refractivity contribution in [3.8, 4) is 5.75 Å². The molecule has 1 saturated heterocycles. The molecule has 1 aliphatic carbocycles. The molecule has 3 rings (SSSR count). The van der Waals surface area contributed by atoms with E-state index in [0.29, 0.717) is 0 Å². The van der Waals surface area contributed by atoms with Crippen LogP contribution in [0.1, 0.15) is 44.1 Å². The van der Waals surface area contributed by atoms with Crippen LogP contribution in [0.3, 0.4) is 0 Å². The van der Waals surface area contributed by atoms with Crippen molar-refractivity contribution in [2.75, 3.05) is 6.61 Å². The standard InChI is InChI=1S/C16H22O3/c17-12-13-3-5-14(6-4-13)19-15-7-10-18-16(11-15)8-1-2-9-16/h3-6,15,17H,1-2,7-12H2. The van der Waals surface area contributed by atoms with Crippen LogP contribution in [0.5, 0.6) is 5.75 Å². The zero-order valence-corrected chi connectivity index (χ0v) is 11.3. The molecule has 19 heavy (non-hydrogen) atoms. The second-order valence-corrected chi connectivity index (χ2v) is 5.77. The molecule has 1 atom stereocenters. The van der Waals surface area contributed by atoms with Crippen LogP contribution in [0, 0.1) is 0 Å². The summed E-state index contributed by atoms with van der Waals surface area (Å²) in [5.41, 5.74) is 1.03. The van der Waals surface area contributed by atoms with Gasteiger partial charge in [0.05, 0.1) is 18.8 Å². The van der Waals surface area contributed by atoms with Gasteiger partial charge in [-0.3, -0.25) is 0 Å². The third kappa shape index (κ3) is 2.93. The fourth-order valence-electron chi connectivity index (χ4n) is 3.32. The zero-order valence-electron chi connectivity index (χ0n) is 11.3. The van der Waals surface area contributed by atoms with Crippen LogP contribution >= 0.6 is 0 Å². The smallest absolute Gasteiger partial charge is 0.119 e. The quantitative estimate of drug-likeness (QED) is 0.910. The molecule has 104 valence electrons. The Labute approximate surface area is 114 Å². The number of aliphatic hydroxyl groups is 1. The highest BCUT2D eigenvalue weighted by Crippen LogP contribution is 2.40. The second-order valence-electron chi connectivity index (χ2n) is 5.77. The van der Waals surface area contributed by atoms with E-state index in [0.717, 1.165) is 30.8 Å². The molecule has 1 spiro atoms. The van der Waals surface area contributed by atoms with Crippen LogP contribution < -0.4 is 4.74 Å². The molecule has 1 saturated carbocycles. The van der Waals surface area contributed by atoms with Gasteiger partial charge in [0.25, 0.3) is 0 Å². The van der Waals surface area contributed by atoms with E-state index in [1.54, 1.807) is 0 Å². The molecule has 1 aromatic rings. The minimum Gasteiger partial charge on any atom is -0.490 e. The largest absolute Gasteiger partial charge is 0.490 e. The molecular formula is C16H22O3. The maximum Gasteiger partial charge on any atom is 0.119 e. The van der Waals surface area contributed by atoms with E-state index in [1.165, 1.54) is 25.7 Å². The second kappa shape index (κ2) is 5.51. The van der Waals surface area contributed by atoms with Crippen LogP contribution in [-0.4, -0.2) is 23.4 Å². The van der Waals surface area contributed by atoms with Crippen molar-refractivity contribution in [3.63, 3.8) is 0 Å². The van der Waals surface area contributed by atoms with Crippen molar-refractivity contribution < 1.29 is 14.6 Å². The van der Waals surface area contributed by atoms with Crippen LogP contribution in [0.4, 0.5) is 0 Å². The van der Waals surface area contributed by atoms with Gasteiger partial charge in [-0.25, -0.2) is 0 Å². The molecule has 1 heterocycles. The third-order valence-corrected chi connectivity index (χ3v) is 4.37. The Kier molecular flexibility index (Phi) is 3.76. The Hall–Kier alpha value is -1.06. The van der Waals surface area contributed by atoms with E-state index in [9.17, 15) is 0 Å². The lowest BCUT2D eigenvalue weighted by Crippen LogP contribution is -2.41. The topological polar surface area (TPSA) is 38.7 Å². The summed E-state index contributed by atoms with van der Waals surface area (Å²) in [7, 11) is 0. The lowest BCUT2D eigenvalue weighted by atomic mass is 9.90.